The van der Waals surface area contributed by atoms with E-state index in [9.17, 15) is 4.79 Å². The van der Waals surface area contributed by atoms with Gasteiger partial charge in [0, 0.05) is 0 Å². The molecule has 1 rings (SSSR count). The summed E-state index contributed by atoms with van der Waals surface area (Å²) in [4.78, 5) is 11.7. The van der Waals surface area contributed by atoms with E-state index < -0.39 is 6.04 Å². The number of unbranched alkanes of at least 4 members (excludes halogenated alkanes) is 1. The van der Waals surface area contributed by atoms with Crippen molar-refractivity contribution in [2.45, 2.75) is 45.2 Å². The van der Waals surface area contributed by atoms with Gasteiger partial charge in [-0.3, -0.25) is 4.79 Å². The molecule has 1 heterocycles. The maximum absolute atomic E-state index is 11.7. The highest BCUT2D eigenvalue weighted by Gasteiger charge is 2.17. The van der Waals surface area contributed by atoms with Crippen LogP contribution in [0.25, 0.3) is 0 Å². The zero-order valence-electron chi connectivity index (χ0n) is 9.90. The minimum absolute atomic E-state index is 0.114. The van der Waals surface area contributed by atoms with Gasteiger partial charge >= 0.3 is 0 Å². The molecule has 3 N–H and O–H groups in total. The molecule has 0 saturated carbocycles. The number of furan rings is 1. The van der Waals surface area contributed by atoms with E-state index in [1.807, 2.05) is 13.0 Å². The lowest BCUT2D eigenvalue weighted by molar-refractivity contribution is -0.123. The Morgan fingerprint density at radius 2 is 2.38 bits per heavy atom. The van der Waals surface area contributed by atoms with E-state index in [1.165, 1.54) is 0 Å². The van der Waals surface area contributed by atoms with Gasteiger partial charge in [0.15, 0.2) is 0 Å². The molecule has 0 spiro atoms. The van der Waals surface area contributed by atoms with Crippen molar-refractivity contribution in [1.29, 1.82) is 0 Å². The minimum Gasteiger partial charge on any atom is -0.467 e. The van der Waals surface area contributed by atoms with Crippen LogP contribution >= 0.6 is 0 Å². The Hall–Kier alpha value is -1.29. The van der Waals surface area contributed by atoms with Crippen LogP contribution in [0.3, 0.4) is 0 Å². The number of carbonyl (C=O) groups excluding carboxylic acids is 1. The predicted molar refractivity (Wildman–Crippen MR) is 62.8 cm³/mol. The molecule has 0 saturated heterocycles. The van der Waals surface area contributed by atoms with Crippen LogP contribution in [-0.4, -0.2) is 11.9 Å². The standard InChI is InChI=1S/C12H20N2O2/c1-3-4-6-10(13)12(15)14-9(2)11-7-5-8-16-11/h5,7-10H,3-4,6,13H2,1-2H3,(H,14,15). The Balaban J connectivity index is 2.39. The number of hydrogen-bond donors (Lipinski definition) is 2. The molecular formula is C12H20N2O2. The molecular weight excluding hydrogens is 204 g/mol. The smallest absolute Gasteiger partial charge is 0.237 e. The second kappa shape index (κ2) is 6.33. The van der Waals surface area contributed by atoms with E-state index in [1.54, 1.807) is 12.3 Å². The summed E-state index contributed by atoms with van der Waals surface area (Å²) in [5, 5.41) is 2.83. The average Bonchev–Trinajstić information content (AvgIpc) is 2.79. The Kier molecular flexibility index (Phi) is 5.05. The summed E-state index contributed by atoms with van der Waals surface area (Å²) in [6.45, 7) is 3.96. The number of hydrogen-bond acceptors (Lipinski definition) is 3. The van der Waals surface area contributed by atoms with Crippen LogP contribution in [0.4, 0.5) is 0 Å². The quantitative estimate of drug-likeness (QED) is 0.776. The van der Waals surface area contributed by atoms with Gasteiger partial charge in [0.1, 0.15) is 5.76 Å². The third-order valence-corrected chi connectivity index (χ3v) is 2.53. The number of rotatable bonds is 6. The van der Waals surface area contributed by atoms with E-state index in [-0.39, 0.29) is 11.9 Å². The molecule has 4 heteroatoms. The fourth-order valence-corrected chi connectivity index (χ4v) is 1.48. The predicted octanol–water partition coefficient (Wildman–Crippen LogP) is 1.97. The summed E-state index contributed by atoms with van der Waals surface area (Å²) in [6.07, 6.45) is 4.35. The molecule has 90 valence electrons. The maximum atomic E-state index is 11.7. The molecule has 1 amide bonds. The van der Waals surface area contributed by atoms with Gasteiger partial charge in [0.2, 0.25) is 5.91 Å². The SMILES string of the molecule is CCCCC(N)C(=O)NC(C)c1ccco1. The molecule has 16 heavy (non-hydrogen) atoms. The van der Waals surface area contributed by atoms with E-state index in [4.69, 9.17) is 10.2 Å². The molecule has 0 bridgehead atoms. The summed E-state index contributed by atoms with van der Waals surface area (Å²) >= 11 is 0. The molecule has 2 unspecified atom stereocenters. The molecule has 0 aliphatic rings. The lowest BCUT2D eigenvalue weighted by Gasteiger charge is -2.15. The Bertz CT molecular complexity index is 309. The first-order chi connectivity index (χ1) is 7.65. The molecule has 2 atom stereocenters. The highest BCUT2D eigenvalue weighted by molar-refractivity contribution is 5.81. The fourth-order valence-electron chi connectivity index (χ4n) is 1.48. The summed E-state index contributed by atoms with van der Waals surface area (Å²) in [7, 11) is 0. The molecule has 0 radical (unpaired) electrons. The normalized spacial score (nSPS) is 14.4. The Morgan fingerprint density at radius 3 is 2.94 bits per heavy atom. The number of nitrogens with two attached hydrogens (primary N) is 1. The van der Waals surface area contributed by atoms with Crippen molar-refractivity contribution >= 4 is 5.91 Å². The van der Waals surface area contributed by atoms with Crippen molar-refractivity contribution in [3.8, 4) is 0 Å². The fraction of sp³-hybridized carbons (Fsp3) is 0.583. The maximum Gasteiger partial charge on any atom is 0.237 e. The van der Waals surface area contributed by atoms with Gasteiger partial charge in [-0.05, 0) is 25.5 Å². The largest absolute Gasteiger partial charge is 0.467 e. The highest BCUT2D eigenvalue weighted by atomic mass is 16.3. The first kappa shape index (κ1) is 12.8. The van der Waals surface area contributed by atoms with Gasteiger partial charge in [0.25, 0.3) is 0 Å². The van der Waals surface area contributed by atoms with Crippen molar-refractivity contribution in [2.75, 3.05) is 0 Å². The van der Waals surface area contributed by atoms with Crippen molar-refractivity contribution in [3.63, 3.8) is 0 Å². The number of carbonyl (C=O) groups is 1. The topological polar surface area (TPSA) is 68.3 Å². The second-order valence-electron chi connectivity index (χ2n) is 3.99. The summed E-state index contributed by atoms with van der Waals surface area (Å²) < 4.78 is 5.20. The van der Waals surface area contributed by atoms with Crippen LogP contribution < -0.4 is 11.1 Å². The first-order valence-corrected chi connectivity index (χ1v) is 5.74. The third kappa shape index (κ3) is 3.70. The zero-order chi connectivity index (χ0) is 12.0. The molecule has 0 aliphatic heterocycles. The summed E-state index contributed by atoms with van der Waals surface area (Å²) in [5.41, 5.74) is 5.76. The van der Waals surface area contributed by atoms with Crippen molar-refractivity contribution in [3.05, 3.63) is 24.2 Å². The first-order valence-electron chi connectivity index (χ1n) is 5.74. The Morgan fingerprint density at radius 1 is 1.62 bits per heavy atom. The lowest BCUT2D eigenvalue weighted by Crippen LogP contribution is -2.41. The minimum atomic E-state index is -0.419. The summed E-state index contributed by atoms with van der Waals surface area (Å²) in [5.74, 6) is 0.633. The lowest BCUT2D eigenvalue weighted by atomic mass is 10.1. The van der Waals surface area contributed by atoms with Crippen LogP contribution in [0.15, 0.2) is 22.8 Å². The van der Waals surface area contributed by atoms with E-state index >= 15 is 0 Å². The summed E-state index contributed by atoms with van der Waals surface area (Å²) in [6, 6.07) is 3.09. The van der Waals surface area contributed by atoms with Gasteiger partial charge in [-0.15, -0.1) is 0 Å². The van der Waals surface area contributed by atoms with Crippen molar-refractivity contribution in [1.82, 2.24) is 5.32 Å². The highest BCUT2D eigenvalue weighted by Crippen LogP contribution is 2.12. The number of nitrogens with one attached hydrogen (secondary N) is 1. The third-order valence-electron chi connectivity index (χ3n) is 2.53. The van der Waals surface area contributed by atoms with Gasteiger partial charge in [-0.25, -0.2) is 0 Å². The molecule has 1 aromatic heterocycles. The van der Waals surface area contributed by atoms with Crippen LogP contribution in [0.1, 0.15) is 44.9 Å². The van der Waals surface area contributed by atoms with Gasteiger partial charge in [0.05, 0.1) is 18.3 Å². The molecule has 0 aliphatic carbocycles. The molecule has 0 fully saturated rings. The average molecular weight is 224 g/mol. The van der Waals surface area contributed by atoms with Crippen LogP contribution in [0, 0.1) is 0 Å². The molecule has 1 aromatic rings. The van der Waals surface area contributed by atoms with Crippen molar-refractivity contribution in [2.24, 2.45) is 5.73 Å². The monoisotopic (exact) mass is 224 g/mol. The number of amides is 1. The van der Waals surface area contributed by atoms with Crippen LogP contribution in [0.5, 0.6) is 0 Å². The molecule has 0 aromatic carbocycles. The van der Waals surface area contributed by atoms with Crippen molar-refractivity contribution < 1.29 is 9.21 Å². The van der Waals surface area contributed by atoms with E-state index in [0.29, 0.717) is 0 Å². The van der Waals surface area contributed by atoms with E-state index in [2.05, 4.69) is 12.2 Å². The van der Waals surface area contributed by atoms with E-state index in [0.717, 1.165) is 25.0 Å². The van der Waals surface area contributed by atoms with Crippen LogP contribution in [-0.2, 0) is 4.79 Å². The molecule has 4 nitrogen and oxygen atoms in total. The van der Waals surface area contributed by atoms with Crippen LogP contribution in [0.2, 0.25) is 0 Å². The van der Waals surface area contributed by atoms with Gasteiger partial charge in [-0.1, -0.05) is 19.8 Å². The van der Waals surface area contributed by atoms with Gasteiger partial charge in [-0.2, -0.15) is 0 Å². The second-order valence-corrected chi connectivity index (χ2v) is 3.99. The Labute approximate surface area is 96.2 Å². The van der Waals surface area contributed by atoms with Gasteiger partial charge < -0.3 is 15.5 Å². The zero-order valence-corrected chi connectivity index (χ0v) is 9.90.